The fraction of sp³-hybridized carbons (Fsp3) is 0.873. The SMILES string of the molecule is CC/C=C/C/C=C/CCCCCCCCCC(=O)OC1C(OCC(NC(=O)C(O)CCCCCCCCCCCCCCCCCCCC)C(O)/C=C/CCCCCCCCCCCCC)OC(CO)C(O)C1O. The van der Waals surface area contributed by atoms with E-state index in [0.717, 1.165) is 83.5 Å². The van der Waals surface area contributed by atoms with Crippen molar-refractivity contribution in [2.24, 2.45) is 0 Å². The summed E-state index contributed by atoms with van der Waals surface area (Å²) < 4.78 is 17.6. The molecule has 1 rings (SSSR count). The van der Waals surface area contributed by atoms with Crippen LogP contribution in [0.5, 0.6) is 0 Å². The van der Waals surface area contributed by atoms with Crippen LogP contribution in [0.2, 0.25) is 0 Å². The van der Waals surface area contributed by atoms with Crippen LogP contribution in [-0.4, -0.2) is 99.6 Å². The first-order valence-electron chi connectivity index (χ1n) is 31.3. The van der Waals surface area contributed by atoms with E-state index in [1.165, 1.54) is 161 Å². The number of hydrogen-bond donors (Lipinski definition) is 6. The molecule has 0 saturated carbocycles. The van der Waals surface area contributed by atoms with Crippen LogP contribution < -0.4 is 5.32 Å². The lowest BCUT2D eigenvalue weighted by Gasteiger charge is -2.41. The number of amides is 1. The Hall–Kier alpha value is -2.12. The molecule has 0 spiro atoms. The summed E-state index contributed by atoms with van der Waals surface area (Å²) in [6, 6.07) is -1.02. The maximum atomic E-state index is 13.4. The van der Waals surface area contributed by atoms with E-state index in [-0.39, 0.29) is 13.0 Å². The lowest BCUT2D eigenvalue weighted by molar-refractivity contribution is -0.305. The number of nitrogens with one attached hydrogen (secondary N) is 1. The molecule has 1 fully saturated rings. The Bertz CT molecular complexity index is 1340. The third-order valence-electron chi connectivity index (χ3n) is 14.8. The van der Waals surface area contributed by atoms with Crippen molar-refractivity contribution >= 4 is 11.9 Å². The number of unbranched alkanes of at least 4 members (excludes halogenated alkanes) is 35. The van der Waals surface area contributed by atoms with Gasteiger partial charge in [0, 0.05) is 6.42 Å². The van der Waals surface area contributed by atoms with Crippen molar-refractivity contribution in [2.75, 3.05) is 13.2 Å². The summed E-state index contributed by atoms with van der Waals surface area (Å²) in [6.45, 7) is 5.70. The van der Waals surface area contributed by atoms with E-state index in [2.05, 4.69) is 50.4 Å². The molecule has 8 atom stereocenters. The lowest BCUT2D eigenvalue weighted by atomic mass is 9.99. The second-order valence-corrected chi connectivity index (χ2v) is 21.8. The number of aliphatic hydroxyl groups excluding tert-OH is 5. The van der Waals surface area contributed by atoms with Gasteiger partial charge in [0.2, 0.25) is 5.91 Å². The van der Waals surface area contributed by atoms with Gasteiger partial charge in [0.25, 0.3) is 0 Å². The van der Waals surface area contributed by atoms with Gasteiger partial charge in [0.15, 0.2) is 12.4 Å². The van der Waals surface area contributed by atoms with Crippen molar-refractivity contribution in [1.29, 1.82) is 0 Å². The summed E-state index contributed by atoms with van der Waals surface area (Å²) in [4.78, 5) is 26.5. The van der Waals surface area contributed by atoms with Crippen LogP contribution in [0.15, 0.2) is 36.5 Å². The minimum Gasteiger partial charge on any atom is -0.454 e. The highest BCUT2D eigenvalue weighted by atomic mass is 16.7. The van der Waals surface area contributed by atoms with Crippen molar-refractivity contribution < 1.29 is 49.3 Å². The number of allylic oxidation sites excluding steroid dienone is 5. The number of carbonyl (C=O) groups is 2. The quantitative estimate of drug-likeness (QED) is 0.0195. The molecule has 0 radical (unpaired) electrons. The number of rotatable bonds is 53. The largest absolute Gasteiger partial charge is 0.454 e. The Morgan fingerprint density at radius 3 is 1.45 bits per heavy atom. The molecule has 0 aromatic carbocycles. The molecule has 0 aromatic rings. The molecule has 11 heteroatoms. The third-order valence-corrected chi connectivity index (χ3v) is 14.8. The highest BCUT2D eigenvalue weighted by Gasteiger charge is 2.47. The van der Waals surface area contributed by atoms with Gasteiger partial charge in [0.05, 0.1) is 25.4 Å². The van der Waals surface area contributed by atoms with Gasteiger partial charge in [-0.3, -0.25) is 9.59 Å². The number of aliphatic hydroxyl groups is 5. The van der Waals surface area contributed by atoms with Crippen molar-refractivity contribution in [2.45, 2.75) is 339 Å². The minimum atomic E-state index is -1.61. The maximum absolute atomic E-state index is 13.4. The van der Waals surface area contributed by atoms with Gasteiger partial charge in [-0.05, 0) is 51.4 Å². The Labute approximate surface area is 453 Å². The highest BCUT2D eigenvalue weighted by Crippen LogP contribution is 2.26. The van der Waals surface area contributed by atoms with Crippen molar-refractivity contribution in [3.8, 4) is 0 Å². The standard InChI is InChI=1S/C63H117NO10/c1-4-7-10-13-16-19-22-25-27-28-29-30-32-35-38-41-44-47-50-56(67)62(71)64-54(55(66)49-46-43-40-37-34-31-24-21-18-15-12-9-6-3)53-72-63-61(60(70)59(69)57(52-65)73-63)74-58(68)51-48-45-42-39-36-33-26-23-20-17-14-11-8-5-2/h8,11,17,20,46,49,54-57,59-61,63,65-67,69-70H,4-7,9-10,12-16,18-19,21-45,47-48,50-53H2,1-3H3,(H,64,71)/b11-8+,20-17+,49-46+. The number of esters is 1. The Morgan fingerprint density at radius 2 is 0.973 bits per heavy atom. The molecule has 0 aromatic heterocycles. The predicted octanol–water partition coefficient (Wildman–Crippen LogP) is 14.7. The third kappa shape index (κ3) is 39.3. The first-order chi connectivity index (χ1) is 36.2. The molecule has 11 nitrogen and oxygen atoms in total. The smallest absolute Gasteiger partial charge is 0.306 e. The summed E-state index contributed by atoms with van der Waals surface area (Å²) in [5.41, 5.74) is 0. The first kappa shape index (κ1) is 69.9. The summed E-state index contributed by atoms with van der Waals surface area (Å²) in [5.74, 6) is -1.19. The molecule has 74 heavy (non-hydrogen) atoms. The van der Waals surface area contributed by atoms with Gasteiger partial charge in [0.1, 0.15) is 24.4 Å². The highest BCUT2D eigenvalue weighted by molar-refractivity contribution is 5.80. The monoisotopic (exact) mass is 1050 g/mol. The van der Waals surface area contributed by atoms with E-state index in [1.54, 1.807) is 6.08 Å². The van der Waals surface area contributed by atoms with Crippen molar-refractivity contribution in [3.05, 3.63) is 36.5 Å². The summed E-state index contributed by atoms with van der Waals surface area (Å²) in [6.07, 6.45) is 50.4. The van der Waals surface area contributed by atoms with E-state index >= 15 is 0 Å². The fourth-order valence-electron chi connectivity index (χ4n) is 9.87. The fourth-order valence-corrected chi connectivity index (χ4v) is 9.87. The number of hydrogen-bond acceptors (Lipinski definition) is 10. The zero-order valence-corrected chi connectivity index (χ0v) is 48.0. The molecule has 1 heterocycles. The van der Waals surface area contributed by atoms with Gasteiger partial charge in [-0.1, -0.05) is 269 Å². The van der Waals surface area contributed by atoms with Crippen LogP contribution in [0.1, 0.15) is 290 Å². The maximum Gasteiger partial charge on any atom is 0.306 e. The van der Waals surface area contributed by atoms with E-state index in [1.807, 2.05) is 6.08 Å². The number of ether oxygens (including phenoxy) is 3. The van der Waals surface area contributed by atoms with Gasteiger partial charge >= 0.3 is 5.97 Å². The van der Waals surface area contributed by atoms with E-state index in [9.17, 15) is 35.1 Å². The Balaban J connectivity index is 2.68. The number of carbonyl (C=O) groups excluding carboxylic acids is 2. The molecular formula is C63H117NO10. The average molecular weight is 1050 g/mol. The van der Waals surface area contributed by atoms with Crippen molar-refractivity contribution in [1.82, 2.24) is 5.32 Å². The molecule has 1 saturated heterocycles. The van der Waals surface area contributed by atoms with Crippen molar-refractivity contribution in [3.63, 3.8) is 0 Å². The normalized spacial score (nSPS) is 19.5. The summed E-state index contributed by atoms with van der Waals surface area (Å²) >= 11 is 0. The van der Waals surface area contributed by atoms with Crippen LogP contribution in [0.3, 0.4) is 0 Å². The molecule has 1 aliphatic heterocycles. The zero-order valence-electron chi connectivity index (χ0n) is 48.0. The lowest BCUT2D eigenvalue weighted by Crippen LogP contribution is -2.61. The molecule has 1 aliphatic rings. The van der Waals surface area contributed by atoms with Gasteiger partial charge in [-0.15, -0.1) is 0 Å². The van der Waals surface area contributed by atoms with Crippen LogP contribution in [0.4, 0.5) is 0 Å². The topological polar surface area (TPSA) is 175 Å². The first-order valence-corrected chi connectivity index (χ1v) is 31.3. The summed E-state index contributed by atoms with van der Waals surface area (Å²) in [5, 5.41) is 57.0. The van der Waals surface area contributed by atoms with Crippen LogP contribution in [0.25, 0.3) is 0 Å². The Kier molecular flexibility index (Phi) is 48.8. The van der Waals surface area contributed by atoms with Crippen LogP contribution in [0, 0.1) is 0 Å². The van der Waals surface area contributed by atoms with E-state index in [0.29, 0.717) is 19.3 Å². The molecule has 1 amide bonds. The Morgan fingerprint density at radius 1 is 0.541 bits per heavy atom. The van der Waals surface area contributed by atoms with Gasteiger partial charge in [-0.25, -0.2) is 0 Å². The second kappa shape index (κ2) is 51.6. The van der Waals surface area contributed by atoms with Crippen LogP contribution in [-0.2, 0) is 23.8 Å². The molecule has 6 N–H and O–H groups in total. The van der Waals surface area contributed by atoms with Gasteiger partial charge < -0.3 is 45.1 Å². The molecular weight excluding hydrogens is 931 g/mol. The van der Waals surface area contributed by atoms with E-state index < -0.39 is 67.4 Å². The average Bonchev–Trinajstić information content (AvgIpc) is 3.40. The summed E-state index contributed by atoms with van der Waals surface area (Å²) in [7, 11) is 0. The predicted molar refractivity (Wildman–Crippen MR) is 306 cm³/mol. The zero-order chi connectivity index (χ0) is 54.0. The van der Waals surface area contributed by atoms with Gasteiger partial charge in [-0.2, -0.15) is 0 Å². The molecule has 0 bridgehead atoms. The molecule has 8 unspecified atom stereocenters. The second-order valence-electron chi connectivity index (χ2n) is 21.8. The molecule has 434 valence electrons. The molecule has 0 aliphatic carbocycles. The van der Waals surface area contributed by atoms with Crippen LogP contribution >= 0.6 is 0 Å². The van der Waals surface area contributed by atoms with E-state index in [4.69, 9.17) is 14.2 Å². The minimum absolute atomic E-state index is 0.116.